The minimum Gasteiger partial charge on any atom is -0.325 e. The third-order valence-electron chi connectivity index (χ3n) is 3.68. The van der Waals surface area contributed by atoms with Crippen molar-refractivity contribution in [3.05, 3.63) is 29.8 Å². The Balaban J connectivity index is 1.74. The molecule has 104 valence electrons. The molecule has 19 heavy (non-hydrogen) atoms. The Morgan fingerprint density at radius 2 is 1.89 bits per heavy atom. The molecule has 2 N–H and O–H groups in total. The highest BCUT2D eigenvalue weighted by molar-refractivity contribution is 5.92. The van der Waals surface area contributed by atoms with Crippen LogP contribution in [0.1, 0.15) is 44.6 Å². The maximum absolute atomic E-state index is 11.8. The molecule has 0 aliphatic heterocycles. The van der Waals surface area contributed by atoms with Crippen molar-refractivity contribution in [2.45, 2.75) is 51.5 Å². The van der Waals surface area contributed by atoms with Crippen LogP contribution in [0.3, 0.4) is 0 Å². The number of amides is 1. The predicted molar refractivity (Wildman–Crippen MR) is 79.3 cm³/mol. The highest BCUT2D eigenvalue weighted by Gasteiger charge is 2.15. The molecule has 0 bridgehead atoms. The zero-order chi connectivity index (χ0) is 13.5. The fraction of sp³-hybridized carbons (Fsp3) is 0.562. The molecular weight excluding hydrogens is 236 g/mol. The fourth-order valence-corrected chi connectivity index (χ4v) is 2.62. The van der Waals surface area contributed by atoms with Crippen molar-refractivity contribution in [2.24, 2.45) is 0 Å². The van der Waals surface area contributed by atoms with Crippen LogP contribution in [-0.2, 0) is 11.2 Å². The number of carbonyl (C=O) groups excluding carboxylic acids is 1. The first-order chi connectivity index (χ1) is 9.28. The summed E-state index contributed by atoms with van der Waals surface area (Å²) in [7, 11) is 0. The van der Waals surface area contributed by atoms with Crippen molar-refractivity contribution in [3.63, 3.8) is 0 Å². The predicted octanol–water partition coefficient (Wildman–Crippen LogP) is 3.11. The summed E-state index contributed by atoms with van der Waals surface area (Å²) in [6, 6.07) is 8.68. The Labute approximate surface area is 115 Å². The van der Waals surface area contributed by atoms with E-state index < -0.39 is 0 Å². The molecule has 1 aliphatic carbocycles. The summed E-state index contributed by atoms with van der Waals surface area (Å²) < 4.78 is 0. The van der Waals surface area contributed by atoms with Crippen LogP contribution in [0.2, 0.25) is 0 Å². The lowest BCUT2D eigenvalue weighted by atomic mass is 10.1. The molecule has 1 aromatic carbocycles. The first-order valence-corrected chi connectivity index (χ1v) is 7.40. The van der Waals surface area contributed by atoms with E-state index in [-0.39, 0.29) is 5.91 Å². The monoisotopic (exact) mass is 260 g/mol. The number of rotatable bonds is 6. The quantitative estimate of drug-likeness (QED) is 0.825. The molecule has 1 aliphatic rings. The van der Waals surface area contributed by atoms with Gasteiger partial charge in [-0.25, -0.2) is 0 Å². The van der Waals surface area contributed by atoms with Crippen molar-refractivity contribution < 1.29 is 4.79 Å². The van der Waals surface area contributed by atoms with Gasteiger partial charge in [-0.1, -0.05) is 38.3 Å². The minimum atomic E-state index is 0.0511. The van der Waals surface area contributed by atoms with Crippen LogP contribution in [0.25, 0.3) is 0 Å². The van der Waals surface area contributed by atoms with Gasteiger partial charge in [0.2, 0.25) is 5.91 Å². The largest absolute Gasteiger partial charge is 0.325 e. The van der Waals surface area contributed by atoms with Crippen LogP contribution in [-0.4, -0.2) is 18.5 Å². The van der Waals surface area contributed by atoms with Gasteiger partial charge in [0.25, 0.3) is 0 Å². The van der Waals surface area contributed by atoms with Crippen LogP contribution in [0.15, 0.2) is 24.3 Å². The van der Waals surface area contributed by atoms with E-state index in [2.05, 4.69) is 29.7 Å². The van der Waals surface area contributed by atoms with Gasteiger partial charge < -0.3 is 10.6 Å². The molecule has 1 saturated carbocycles. The van der Waals surface area contributed by atoms with Crippen LogP contribution in [0.5, 0.6) is 0 Å². The second kappa shape index (κ2) is 7.29. The normalized spacial score (nSPS) is 15.6. The number of anilines is 1. The molecule has 0 unspecified atom stereocenters. The molecule has 1 aromatic rings. The molecule has 0 saturated heterocycles. The van der Waals surface area contributed by atoms with E-state index in [1.54, 1.807) is 0 Å². The lowest BCUT2D eigenvalue weighted by Crippen LogP contribution is -2.34. The lowest BCUT2D eigenvalue weighted by molar-refractivity contribution is -0.115. The zero-order valence-electron chi connectivity index (χ0n) is 11.7. The van der Waals surface area contributed by atoms with Crippen molar-refractivity contribution in [1.82, 2.24) is 5.32 Å². The molecule has 0 spiro atoms. The summed E-state index contributed by atoms with van der Waals surface area (Å²) in [6.07, 6.45) is 7.24. The maximum Gasteiger partial charge on any atom is 0.238 e. The van der Waals surface area contributed by atoms with Gasteiger partial charge in [0.05, 0.1) is 6.54 Å². The van der Waals surface area contributed by atoms with Crippen molar-refractivity contribution in [2.75, 3.05) is 11.9 Å². The Hall–Kier alpha value is -1.35. The van der Waals surface area contributed by atoms with Gasteiger partial charge in [0.1, 0.15) is 0 Å². The van der Waals surface area contributed by atoms with Crippen LogP contribution in [0, 0.1) is 0 Å². The zero-order valence-corrected chi connectivity index (χ0v) is 11.7. The summed E-state index contributed by atoms with van der Waals surface area (Å²) in [4.78, 5) is 11.8. The van der Waals surface area contributed by atoms with Crippen LogP contribution >= 0.6 is 0 Å². The highest BCUT2D eigenvalue weighted by Crippen LogP contribution is 2.17. The second-order valence-corrected chi connectivity index (χ2v) is 5.36. The van der Waals surface area contributed by atoms with Crippen molar-refractivity contribution in [3.8, 4) is 0 Å². The third-order valence-corrected chi connectivity index (χ3v) is 3.68. The SMILES string of the molecule is CCCc1ccc(NC(=O)CNC2CCCC2)cc1. The third kappa shape index (κ3) is 4.67. The van der Waals surface area contributed by atoms with E-state index >= 15 is 0 Å². The first kappa shape index (κ1) is 14.1. The lowest BCUT2D eigenvalue weighted by Gasteiger charge is -2.12. The number of aryl methyl sites for hydroxylation is 1. The first-order valence-electron chi connectivity index (χ1n) is 7.40. The van der Waals surface area contributed by atoms with E-state index in [0.29, 0.717) is 12.6 Å². The molecule has 0 radical (unpaired) electrons. The molecule has 3 nitrogen and oxygen atoms in total. The molecule has 0 heterocycles. The van der Waals surface area contributed by atoms with Crippen molar-refractivity contribution >= 4 is 11.6 Å². The van der Waals surface area contributed by atoms with Crippen LogP contribution < -0.4 is 10.6 Å². The van der Waals surface area contributed by atoms with Crippen LogP contribution in [0.4, 0.5) is 5.69 Å². The molecule has 1 fully saturated rings. The second-order valence-electron chi connectivity index (χ2n) is 5.36. The molecule has 3 heteroatoms. The number of nitrogens with one attached hydrogen (secondary N) is 2. The number of hydrogen-bond acceptors (Lipinski definition) is 2. The van der Waals surface area contributed by atoms with Crippen molar-refractivity contribution in [1.29, 1.82) is 0 Å². The standard InChI is InChI=1S/C16H24N2O/c1-2-5-13-8-10-15(11-9-13)18-16(19)12-17-14-6-3-4-7-14/h8-11,14,17H,2-7,12H2,1H3,(H,18,19). The number of benzene rings is 1. The van der Waals surface area contributed by atoms with Gasteiger partial charge in [0.15, 0.2) is 0 Å². The van der Waals surface area contributed by atoms with E-state index in [4.69, 9.17) is 0 Å². The molecule has 0 atom stereocenters. The Kier molecular flexibility index (Phi) is 5.40. The minimum absolute atomic E-state index is 0.0511. The molecule has 1 amide bonds. The van der Waals surface area contributed by atoms with E-state index in [9.17, 15) is 4.79 Å². The van der Waals surface area contributed by atoms with Gasteiger partial charge in [0, 0.05) is 11.7 Å². The fourth-order valence-electron chi connectivity index (χ4n) is 2.62. The van der Waals surface area contributed by atoms with Gasteiger partial charge in [-0.3, -0.25) is 4.79 Å². The summed E-state index contributed by atoms with van der Waals surface area (Å²) in [5, 5.41) is 6.26. The Morgan fingerprint density at radius 1 is 1.21 bits per heavy atom. The molecule has 0 aromatic heterocycles. The summed E-state index contributed by atoms with van der Waals surface area (Å²) >= 11 is 0. The molecular formula is C16H24N2O. The van der Waals surface area contributed by atoms with Gasteiger partial charge in [-0.15, -0.1) is 0 Å². The number of hydrogen-bond donors (Lipinski definition) is 2. The van der Waals surface area contributed by atoms with E-state index in [1.807, 2.05) is 12.1 Å². The Bertz CT molecular complexity index is 394. The summed E-state index contributed by atoms with van der Waals surface area (Å²) in [6.45, 7) is 2.59. The Morgan fingerprint density at radius 3 is 2.53 bits per heavy atom. The van der Waals surface area contributed by atoms with E-state index in [1.165, 1.54) is 31.2 Å². The maximum atomic E-state index is 11.8. The summed E-state index contributed by atoms with van der Waals surface area (Å²) in [5.74, 6) is 0.0511. The average molecular weight is 260 g/mol. The smallest absolute Gasteiger partial charge is 0.238 e. The van der Waals surface area contributed by atoms with Gasteiger partial charge in [-0.2, -0.15) is 0 Å². The topological polar surface area (TPSA) is 41.1 Å². The molecule has 2 rings (SSSR count). The number of carbonyl (C=O) groups is 1. The van der Waals surface area contributed by atoms with E-state index in [0.717, 1.165) is 18.5 Å². The highest BCUT2D eigenvalue weighted by atomic mass is 16.1. The average Bonchev–Trinajstić information content (AvgIpc) is 2.92. The van der Waals surface area contributed by atoms with Gasteiger partial charge >= 0.3 is 0 Å². The van der Waals surface area contributed by atoms with Gasteiger partial charge in [-0.05, 0) is 37.0 Å². The summed E-state index contributed by atoms with van der Waals surface area (Å²) in [5.41, 5.74) is 2.21.